The number of aryl methyl sites for hydroxylation is 1. The lowest BCUT2D eigenvalue weighted by Gasteiger charge is -2.29. The van der Waals surface area contributed by atoms with Gasteiger partial charge in [0, 0.05) is 37.1 Å². The standard InChI is InChI=1S/C23H23N7O/c1-17-4-2-3-5-19(17)15-25-27-22-14-21(29-10-12-31-13-11-29)23-26-20(16-30(23)28-22)18-6-8-24-9-7-18/h2-9,14-16H,10-13H2,1H3,(H,27,28). The molecule has 1 saturated heterocycles. The minimum Gasteiger partial charge on any atom is -0.378 e. The number of pyridine rings is 1. The van der Waals surface area contributed by atoms with Crippen LogP contribution in [0.15, 0.2) is 66.2 Å². The number of aromatic nitrogens is 4. The molecule has 4 aromatic rings. The molecular weight excluding hydrogens is 390 g/mol. The first-order valence-electron chi connectivity index (χ1n) is 10.3. The first kappa shape index (κ1) is 19.2. The number of nitrogens with zero attached hydrogens (tertiary/aromatic N) is 6. The normalized spacial score (nSPS) is 14.4. The van der Waals surface area contributed by atoms with E-state index in [-0.39, 0.29) is 0 Å². The fourth-order valence-corrected chi connectivity index (χ4v) is 3.61. The topological polar surface area (TPSA) is 79.9 Å². The summed E-state index contributed by atoms with van der Waals surface area (Å²) in [6.45, 7) is 5.07. The van der Waals surface area contributed by atoms with Gasteiger partial charge >= 0.3 is 0 Å². The molecule has 1 aromatic carbocycles. The summed E-state index contributed by atoms with van der Waals surface area (Å²) in [5.74, 6) is 0.650. The Kier molecular flexibility index (Phi) is 5.28. The van der Waals surface area contributed by atoms with Gasteiger partial charge in [-0.3, -0.25) is 10.4 Å². The van der Waals surface area contributed by atoms with Crippen LogP contribution in [0.5, 0.6) is 0 Å². The van der Waals surface area contributed by atoms with E-state index < -0.39 is 0 Å². The van der Waals surface area contributed by atoms with E-state index >= 15 is 0 Å². The molecule has 5 rings (SSSR count). The first-order valence-corrected chi connectivity index (χ1v) is 10.3. The number of hydrazone groups is 1. The molecule has 1 fully saturated rings. The van der Waals surface area contributed by atoms with Gasteiger partial charge < -0.3 is 9.64 Å². The molecule has 8 heteroatoms. The van der Waals surface area contributed by atoms with Crippen LogP contribution in [0.4, 0.5) is 11.5 Å². The highest BCUT2D eigenvalue weighted by Gasteiger charge is 2.18. The number of fused-ring (bicyclic) bond motifs is 1. The lowest BCUT2D eigenvalue weighted by atomic mass is 10.1. The van der Waals surface area contributed by atoms with Crippen molar-refractivity contribution in [3.63, 3.8) is 0 Å². The number of morpholine rings is 1. The fraction of sp³-hybridized carbons (Fsp3) is 0.217. The van der Waals surface area contributed by atoms with E-state index in [9.17, 15) is 0 Å². The summed E-state index contributed by atoms with van der Waals surface area (Å²) in [6.07, 6.45) is 7.28. The van der Waals surface area contributed by atoms with Crippen molar-refractivity contribution in [1.82, 2.24) is 19.6 Å². The minimum absolute atomic E-state index is 0.650. The van der Waals surface area contributed by atoms with Crippen molar-refractivity contribution in [1.29, 1.82) is 0 Å². The van der Waals surface area contributed by atoms with Crippen molar-refractivity contribution >= 4 is 23.4 Å². The smallest absolute Gasteiger partial charge is 0.177 e. The third-order valence-corrected chi connectivity index (χ3v) is 5.30. The zero-order chi connectivity index (χ0) is 21.0. The number of anilines is 2. The second-order valence-electron chi connectivity index (χ2n) is 7.37. The SMILES string of the molecule is Cc1ccccc1C=NNc1cc(N2CCOCC2)c2nc(-c3ccncc3)cn2n1. The predicted molar refractivity (Wildman–Crippen MR) is 122 cm³/mol. The second kappa shape index (κ2) is 8.53. The summed E-state index contributed by atoms with van der Waals surface area (Å²) in [5, 5.41) is 9.09. The predicted octanol–water partition coefficient (Wildman–Crippen LogP) is 3.38. The van der Waals surface area contributed by atoms with Crippen molar-refractivity contribution in [3.8, 4) is 11.3 Å². The number of nitrogens with one attached hydrogen (secondary N) is 1. The molecule has 0 unspecified atom stereocenters. The minimum atomic E-state index is 0.650. The third-order valence-electron chi connectivity index (χ3n) is 5.30. The Balaban J connectivity index is 1.51. The second-order valence-corrected chi connectivity index (χ2v) is 7.37. The van der Waals surface area contributed by atoms with Crippen molar-refractivity contribution in [2.45, 2.75) is 6.92 Å². The Hall–Kier alpha value is -3.78. The highest BCUT2D eigenvalue weighted by Crippen LogP contribution is 2.27. The number of hydrogen-bond acceptors (Lipinski definition) is 7. The molecule has 0 spiro atoms. The molecule has 1 N–H and O–H groups in total. The molecule has 4 heterocycles. The van der Waals surface area contributed by atoms with Gasteiger partial charge in [-0.2, -0.15) is 5.10 Å². The quantitative estimate of drug-likeness (QED) is 0.399. The average Bonchev–Trinajstić information content (AvgIpc) is 3.25. The number of imidazole rings is 1. The van der Waals surface area contributed by atoms with Gasteiger partial charge in [-0.05, 0) is 30.2 Å². The summed E-state index contributed by atoms with van der Waals surface area (Å²) in [4.78, 5) is 11.2. The lowest BCUT2D eigenvalue weighted by molar-refractivity contribution is 0.123. The van der Waals surface area contributed by atoms with E-state index in [0.29, 0.717) is 19.0 Å². The van der Waals surface area contributed by atoms with E-state index in [0.717, 1.165) is 41.2 Å². The average molecular weight is 413 g/mol. The first-order chi connectivity index (χ1) is 15.3. The van der Waals surface area contributed by atoms with Gasteiger partial charge in [0.05, 0.1) is 37.0 Å². The maximum Gasteiger partial charge on any atom is 0.177 e. The Morgan fingerprint density at radius 3 is 2.71 bits per heavy atom. The van der Waals surface area contributed by atoms with E-state index in [2.05, 4.69) is 38.5 Å². The summed E-state index contributed by atoms with van der Waals surface area (Å²) >= 11 is 0. The van der Waals surface area contributed by atoms with Crippen LogP contribution in [0, 0.1) is 6.92 Å². The number of hydrogen-bond donors (Lipinski definition) is 1. The maximum atomic E-state index is 5.53. The van der Waals surface area contributed by atoms with E-state index in [1.807, 2.05) is 53.3 Å². The van der Waals surface area contributed by atoms with Crippen LogP contribution in [0.1, 0.15) is 11.1 Å². The van der Waals surface area contributed by atoms with Crippen LogP contribution in [0.25, 0.3) is 16.9 Å². The summed E-state index contributed by atoms with van der Waals surface area (Å²) in [7, 11) is 0. The Labute approximate surface area is 180 Å². The van der Waals surface area contributed by atoms with Gasteiger partial charge in [-0.25, -0.2) is 9.50 Å². The van der Waals surface area contributed by atoms with Gasteiger partial charge in [0.15, 0.2) is 11.5 Å². The van der Waals surface area contributed by atoms with Crippen LogP contribution in [-0.4, -0.2) is 52.1 Å². The van der Waals surface area contributed by atoms with Crippen molar-refractivity contribution < 1.29 is 4.74 Å². The zero-order valence-electron chi connectivity index (χ0n) is 17.3. The van der Waals surface area contributed by atoms with Crippen LogP contribution in [-0.2, 0) is 4.74 Å². The molecule has 0 radical (unpaired) electrons. The third kappa shape index (κ3) is 4.10. The maximum absolute atomic E-state index is 5.53. The van der Waals surface area contributed by atoms with Gasteiger partial charge in [0.2, 0.25) is 0 Å². The molecule has 8 nitrogen and oxygen atoms in total. The van der Waals surface area contributed by atoms with E-state index in [1.165, 1.54) is 5.56 Å². The Morgan fingerprint density at radius 2 is 1.90 bits per heavy atom. The highest BCUT2D eigenvalue weighted by molar-refractivity contribution is 5.82. The molecule has 0 aliphatic carbocycles. The summed E-state index contributed by atoms with van der Waals surface area (Å²) < 4.78 is 7.34. The molecule has 31 heavy (non-hydrogen) atoms. The van der Waals surface area contributed by atoms with Crippen LogP contribution < -0.4 is 10.3 Å². The van der Waals surface area contributed by atoms with Crippen LogP contribution in [0.2, 0.25) is 0 Å². The summed E-state index contributed by atoms with van der Waals surface area (Å²) in [5.41, 5.74) is 8.98. The molecule has 0 saturated carbocycles. The number of benzene rings is 1. The Bertz CT molecular complexity index is 1210. The monoisotopic (exact) mass is 413 g/mol. The van der Waals surface area contributed by atoms with Gasteiger partial charge in [-0.15, -0.1) is 5.10 Å². The number of rotatable bonds is 5. The molecule has 0 atom stereocenters. The lowest BCUT2D eigenvalue weighted by Crippen LogP contribution is -2.36. The van der Waals surface area contributed by atoms with Crippen LogP contribution in [0.3, 0.4) is 0 Å². The zero-order valence-corrected chi connectivity index (χ0v) is 17.3. The van der Waals surface area contributed by atoms with Crippen molar-refractivity contribution in [3.05, 3.63) is 72.2 Å². The van der Waals surface area contributed by atoms with Crippen LogP contribution >= 0.6 is 0 Å². The Morgan fingerprint density at radius 1 is 1.10 bits per heavy atom. The molecule has 156 valence electrons. The highest BCUT2D eigenvalue weighted by atomic mass is 16.5. The van der Waals surface area contributed by atoms with Gasteiger partial charge in [0.25, 0.3) is 0 Å². The molecule has 1 aliphatic heterocycles. The van der Waals surface area contributed by atoms with Gasteiger partial charge in [-0.1, -0.05) is 24.3 Å². The molecular formula is C23H23N7O. The van der Waals surface area contributed by atoms with Crippen molar-refractivity contribution in [2.75, 3.05) is 36.6 Å². The van der Waals surface area contributed by atoms with Gasteiger partial charge in [0.1, 0.15) is 0 Å². The largest absolute Gasteiger partial charge is 0.378 e. The van der Waals surface area contributed by atoms with E-state index in [4.69, 9.17) is 9.72 Å². The van der Waals surface area contributed by atoms with Crippen molar-refractivity contribution in [2.24, 2.45) is 5.10 Å². The molecule has 3 aromatic heterocycles. The fourth-order valence-electron chi connectivity index (χ4n) is 3.61. The molecule has 0 amide bonds. The number of ether oxygens (including phenoxy) is 1. The summed E-state index contributed by atoms with van der Waals surface area (Å²) in [6, 6.07) is 14.0. The molecule has 1 aliphatic rings. The van der Waals surface area contributed by atoms with E-state index in [1.54, 1.807) is 12.4 Å². The molecule has 0 bridgehead atoms.